The maximum Gasteiger partial charge on any atom is 0.305 e. The van der Waals surface area contributed by atoms with Crippen LogP contribution in [0.1, 0.15) is 13.3 Å². The molecule has 5 heteroatoms. The van der Waals surface area contributed by atoms with E-state index in [-0.39, 0.29) is 12.6 Å². The Hall–Kier alpha value is -2.20. The van der Waals surface area contributed by atoms with Crippen molar-refractivity contribution in [2.24, 2.45) is 0 Å². The van der Waals surface area contributed by atoms with E-state index in [2.05, 4.69) is 5.32 Å². The molecule has 0 amide bonds. The minimum atomic E-state index is -0.404. The molecule has 0 aliphatic rings. The Bertz CT molecular complexity index is 619. The molecule has 0 aliphatic carbocycles. The highest BCUT2D eigenvalue weighted by molar-refractivity contribution is 6.33. The van der Waals surface area contributed by atoms with Gasteiger partial charge in [-0.1, -0.05) is 48.9 Å². The number of esters is 1. The van der Waals surface area contributed by atoms with Gasteiger partial charge in [-0.25, -0.2) is 0 Å². The molecule has 4 nitrogen and oxygen atoms in total. The minimum absolute atomic E-state index is 0.257. The van der Waals surface area contributed by atoms with E-state index in [1.54, 1.807) is 13.0 Å². The van der Waals surface area contributed by atoms with Crippen molar-refractivity contribution in [1.29, 1.82) is 0 Å². The summed E-state index contributed by atoms with van der Waals surface area (Å²) in [4.78, 5) is 11.6. The molecule has 2 aromatic rings. The first-order valence-corrected chi connectivity index (χ1v) is 7.92. The quantitative estimate of drug-likeness (QED) is 0.737. The summed E-state index contributed by atoms with van der Waals surface area (Å²) in [5.41, 5.74) is 0.798. The van der Waals surface area contributed by atoms with Crippen LogP contribution in [0.2, 0.25) is 5.02 Å². The third-order valence-electron chi connectivity index (χ3n) is 3.16. The molecule has 0 saturated heterocycles. The summed E-state index contributed by atoms with van der Waals surface area (Å²) >= 11 is 6.11. The van der Waals surface area contributed by atoms with Crippen LogP contribution in [0.15, 0.2) is 54.6 Å². The summed E-state index contributed by atoms with van der Waals surface area (Å²) in [6.45, 7) is 2.45. The second-order valence-corrected chi connectivity index (χ2v) is 5.36. The fraction of sp³-hybridized carbons (Fsp3) is 0.278. The second kappa shape index (κ2) is 9.06. The Morgan fingerprint density at radius 1 is 1.13 bits per heavy atom. The molecule has 23 heavy (non-hydrogen) atoms. The van der Waals surface area contributed by atoms with E-state index >= 15 is 0 Å². The summed E-state index contributed by atoms with van der Waals surface area (Å²) in [5, 5.41) is 3.81. The van der Waals surface area contributed by atoms with Crippen molar-refractivity contribution in [3.63, 3.8) is 0 Å². The number of hydrogen-bond donors (Lipinski definition) is 1. The van der Waals surface area contributed by atoms with Gasteiger partial charge in [0.05, 0.1) is 17.3 Å². The Kier molecular flexibility index (Phi) is 6.76. The molecule has 0 aromatic heterocycles. The van der Waals surface area contributed by atoms with Crippen molar-refractivity contribution in [3.8, 4) is 5.75 Å². The van der Waals surface area contributed by atoms with Gasteiger partial charge in [0.2, 0.25) is 0 Å². The molecule has 1 atom stereocenters. The molecule has 0 radical (unpaired) electrons. The Morgan fingerprint density at radius 2 is 1.83 bits per heavy atom. The van der Waals surface area contributed by atoms with Gasteiger partial charge in [0.25, 0.3) is 0 Å². The summed E-state index contributed by atoms with van der Waals surface area (Å²) in [6, 6.07) is 16.9. The minimum Gasteiger partial charge on any atom is -0.490 e. The summed E-state index contributed by atoms with van der Waals surface area (Å²) in [6.07, 6.45) is -0.0765. The lowest BCUT2D eigenvalue weighted by atomic mass is 10.3. The lowest BCUT2D eigenvalue weighted by Gasteiger charge is -2.20. The first-order valence-electron chi connectivity index (χ1n) is 7.54. The van der Waals surface area contributed by atoms with Crippen molar-refractivity contribution in [3.05, 3.63) is 59.6 Å². The smallest absolute Gasteiger partial charge is 0.305 e. The first kappa shape index (κ1) is 17.2. The molecule has 0 saturated carbocycles. The average molecular weight is 334 g/mol. The first-order chi connectivity index (χ1) is 11.2. The van der Waals surface area contributed by atoms with Crippen molar-refractivity contribution in [1.82, 2.24) is 0 Å². The summed E-state index contributed by atoms with van der Waals surface area (Å²) < 4.78 is 11.1. The Balaban J connectivity index is 1.93. The summed E-state index contributed by atoms with van der Waals surface area (Å²) in [7, 11) is 0. The Morgan fingerprint density at radius 3 is 2.52 bits per heavy atom. The lowest BCUT2D eigenvalue weighted by molar-refractivity contribution is -0.149. The number of para-hydroxylation sites is 2. The lowest BCUT2D eigenvalue weighted by Crippen LogP contribution is -2.31. The van der Waals surface area contributed by atoms with Gasteiger partial charge in [-0.2, -0.15) is 0 Å². The highest BCUT2D eigenvalue weighted by Gasteiger charge is 2.15. The van der Waals surface area contributed by atoms with Gasteiger partial charge in [-0.05, 0) is 24.3 Å². The third-order valence-corrected chi connectivity index (χ3v) is 3.49. The summed E-state index contributed by atoms with van der Waals surface area (Å²) in [5.74, 6) is 0.482. The predicted molar refractivity (Wildman–Crippen MR) is 92.0 cm³/mol. The van der Waals surface area contributed by atoms with E-state index in [0.29, 0.717) is 18.0 Å². The van der Waals surface area contributed by atoms with Crippen molar-refractivity contribution in [2.75, 3.05) is 18.5 Å². The van der Waals surface area contributed by atoms with Crippen molar-refractivity contribution >= 4 is 23.3 Å². The molecule has 0 heterocycles. The van der Waals surface area contributed by atoms with Crippen LogP contribution in [-0.4, -0.2) is 25.2 Å². The monoisotopic (exact) mass is 333 g/mol. The molecular weight excluding hydrogens is 314 g/mol. The number of rotatable bonds is 8. The van der Waals surface area contributed by atoms with Crippen LogP contribution in [0.25, 0.3) is 0 Å². The van der Waals surface area contributed by atoms with Gasteiger partial charge in [0.15, 0.2) is 6.10 Å². The van der Waals surface area contributed by atoms with E-state index in [1.807, 2.05) is 48.5 Å². The molecule has 0 fully saturated rings. The fourth-order valence-corrected chi connectivity index (χ4v) is 2.14. The van der Waals surface area contributed by atoms with Crippen LogP contribution in [-0.2, 0) is 9.53 Å². The van der Waals surface area contributed by atoms with Gasteiger partial charge < -0.3 is 14.8 Å². The number of halogens is 1. The number of ether oxygens (including phenoxy) is 2. The topological polar surface area (TPSA) is 47.6 Å². The van der Waals surface area contributed by atoms with Gasteiger partial charge in [-0.15, -0.1) is 0 Å². The SMILES string of the molecule is CCC(=O)OC(CNc1ccccc1Cl)COc1ccccc1. The predicted octanol–water partition coefficient (Wildman–Crippen LogP) is 4.15. The van der Waals surface area contributed by atoms with Crippen LogP contribution in [0.5, 0.6) is 5.75 Å². The largest absolute Gasteiger partial charge is 0.490 e. The fourth-order valence-electron chi connectivity index (χ4n) is 1.94. The molecule has 1 N–H and O–H groups in total. The molecule has 0 spiro atoms. The average Bonchev–Trinajstić information content (AvgIpc) is 2.59. The zero-order chi connectivity index (χ0) is 16.5. The Labute approximate surface area is 141 Å². The molecule has 2 aromatic carbocycles. The van der Waals surface area contributed by atoms with E-state index in [0.717, 1.165) is 11.4 Å². The number of nitrogens with one attached hydrogen (secondary N) is 1. The van der Waals surface area contributed by atoms with E-state index < -0.39 is 6.10 Å². The number of hydrogen-bond acceptors (Lipinski definition) is 4. The molecule has 1 unspecified atom stereocenters. The van der Waals surface area contributed by atoms with Gasteiger partial charge in [0, 0.05) is 6.42 Å². The highest BCUT2D eigenvalue weighted by Crippen LogP contribution is 2.20. The molecular formula is C18H20ClNO3. The zero-order valence-electron chi connectivity index (χ0n) is 13.0. The zero-order valence-corrected chi connectivity index (χ0v) is 13.8. The van der Waals surface area contributed by atoms with Crippen molar-refractivity contribution < 1.29 is 14.3 Å². The van der Waals surface area contributed by atoms with E-state index in [1.165, 1.54) is 0 Å². The van der Waals surface area contributed by atoms with E-state index in [9.17, 15) is 4.79 Å². The van der Waals surface area contributed by atoms with Gasteiger partial charge >= 0.3 is 5.97 Å². The molecule has 0 bridgehead atoms. The van der Waals surface area contributed by atoms with Crippen LogP contribution in [0.3, 0.4) is 0 Å². The van der Waals surface area contributed by atoms with Crippen LogP contribution >= 0.6 is 11.6 Å². The molecule has 2 rings (SSSR count). The number of anilines is 1. The van der Waals surface area contributed by atoms with Crippen LogP contribution in [0, 0.1) is 0 Å². The standard InChI is InChI=1S/C18H20ClNO3/c1-2-18(21)23-15(13-22-14-8-4-3-5-9-14)12-20-17-11-7-6-10-16(17)19/h3-11,15,20H,2,12-13H2,1H3. The normalized spacial score (nSPS) is 11.6. The maximum absolute atomic E-state index is 11.6. The van der Waals surface area contributed by atoms with Crippen LogP contribution < -0.4 is 10.1 Å². The van der Waals surface area contributed by atoms with Gasteiger partial charge in [0.1, 0.15) is 12.4 Å². The third kappa shape index (κ3) is 5.83. The second-order valence-electron chi connectivity index (χ2n) is 4.95. The number of carbonyl (C=O) groups is 1. The number of benzene rings is 2. The van der Waals surface area contributed by atoms with Crippen LogP contribution in [0.4, 0.5) is 5.69 Å². The molecule has 0 aliphatic heterocycles. The number of carbonyl (C=O) groups excluding carboxylic acids is 1. The van der Waals surface area contributed by atoms with Gasteiger partial charge in [-0.3, -0.25) is 4.79 Å². The van der Waals surface area contributed by atoms with E-state index in [4.69, 9.17) is 21.1 Å². The maximum atomic E-state index is 11.6. The van der Waals surface area contributed by atoms with Crippen molar-refractivity contribution in [2.45, 2.75) is 19.4 Å². The highest BCUT2D eigenvalue weighted by atomic mass is 35.5. The molecule has 122 valence electrons.